The van der Waals surface area contributed by atoms with Crippen LogP contribution in [0.1, 0.15) is 81.4 Å². The molecule has 0 fully saturated rings. The highest BCUT2D eigenvalue weighted by molar-refractivity contribution is 6.11. The first-order valence-corrected chi connectivity index (χ1v) is 25.2. The van der Waals surface area contributed by atoms with E-state index in [9.17, 15) is 0 Å². The fourth-order valence-electron chi connectivity index (χ4n) is 10.4. The largest absolute Gasteiger partial charge is 0.437 e. The summed E-state index contributed by atoms with van der Waals surface area (Å²) < 4.78 is 25.2. The van der Waals surface area contributed by atoms with Crippen LogP contribution in [0.5, 0.6) is 0 Å². The topological polar surface area (TPSA) is 89.7 Å². The number of nitrogens with zero attached hydrogens (tertiary/aromatic N) is 6. The van der Waals surface area contributed by atoms with E-state index in [4.69, 9.17) is 13.3 Å². The minimum atomic E-state index is 0.486. The molecule has 9 nitrogen and oxygen atoms in total. The summed E-state index contributed by atoms with van der Waals surface area (Å²) in [5.41, 5.74) is 24.7. The maximum Gasteiger partial charge on any atom is 0.227 e. The molecule has 0 aliphatic heterocycles. The normalized spacial score (nSPS) is 11.6. The second-order valence-electron chi connectivity index (χ2n) is 20.5. The van der Waals surface area contributed by atoms with Crippen molar-refractivity contribution in [3.05, 3.63) is 177 Å². The predicted octanol–water partition coefficient (Wildman–Crippen LogP) is 14.6. The van der Waals surface area contributed by atoms with E-state index in [-0.39, 0.29) is 0 Å². The number of furan rings is 3. The second-order valence-corrected chi connectivity index (χ2v) is 20.5. The van der Waals surface area contributed by atoms with E-state index < -0.39 is 0 Å². The lowest BCUT2D eigenvalue weighted by Crippen LogP contribution is -2.31. The van der Waals surface area contributed by atoms with Crippen molar-refractivity contribution < 1.29 is 27.0 Å². The van der Waals surface area contributed by atoms with Crippen LogP contribution in [-0.4, -0.2) is 15.0 Å². The molecule has 12 aromatic rings. The van der Waals surface area contributed by atoms with Gasteiger partial charge in [-0.05, 0) is 151 Å². The monoisotopic (exact) mass is 966 g/mol. The maximum absolute atomic E-state index is 6.24. The van der Waals surface area contributed by atoms with Gasteiger partial charge in [0.25, 0.3) is 0 Å². The van der Waals surface area contributed by atoms with Crippen molar-refractivity contribution in [3.8, 4) is 33.8 Å². The first-order chi connectivity index (χ1) is 34.9. The van der Waals surface area contributed by atoms with E-state index >= 15 is 0 Å². The summed E-state index contributed by atoms with van der Waals surface area (Å²) in [5, 5.41) is 6.64. The summed E-state index contributed by atoms with van der Waals surface area (Å²) in [6.45, 7) is 25.4. The van der Waals surface area contributed by atoms with Gasteiger partial charge >= 0.3 is 0 Å². The van der Waals surface area contributed by atoms with E-state index in [1.807, 2.05) is 39.0 Å². The molecule has 0 atom stereocenters. The Bertz CT molecular complexity index is 4170. The molecule has 9 heteroatoms. The van der Waals surface area contributed by atoms with Crippen LogP contribution in [0, 0.1) is 69.2 Å². The molecule has 9 heterocycles. The van der Waals surface area contributed by atoms with Gasteiger partial charge in [0.05, 0.1) is 16.7 Å². The first-order valence-electron chi connectivity index (χ1n) is 25.2. The summed E-state index contributed by atoms with van der Waals surface area (Å²) in [5.74, 6) is 0.486. The number of hydrogen-bond donors (Lipinski definition) is 0. The highest BCUT2D eigenvalue weighted by Gasteiger charge is 2.25. The molecular formula is C64H65N6O3+3. The summed E-state index contributed by atoms with van der Waals surface area (Å²) >= 11 is 0. The number of rotatable bonds is 4. The van der Waals surface area contributed by atoms with Gasteiger partial charge in [0.15, 0.2) is 35.3 Å². The number of pyridine rings is 6. The van der Waals surface area contributed by atoms with E-state index in [0.29, 0.717) is 17.3 Å². The Morgan fingerprint density at radius 3 is 1.41 bits per heavy atom. The highest BCUT2D eigenvalue weighted by atomic mass is 16.3. The lowest BCUT2D eigenvalue weighted by atomic mass is 9.97. The number of benzene rings is 3. The van der Waals surface area contributed by atoms with Crippen molar-refractivity contribution >= 4 is 66.2 Å². The Kier molecular flexibility index (Phi) is 12.5. The molecule has 0 aliphatic carbocycles. The first kappa shape index (κ1) is 48.6. The van der Waals surface area contributed by atoms with Crippen molar-refractivity contribution in [2.24, 2.45) is 21.1 Å². The molecule has 366 valence electrons. The van der Waals surface area contributed by atoms with Crippen molar-refractivity contribution in [1.82, 2.24) is 15.0 Å². The van der Waals surface area contributed by atoms with Gasteiger partial charge in [-0.2, -0.15) is 0 Å². The van der Waals surface area contributed by atoms with Gasteiger partial charge in [0, 0.05) is 84.8 Å². The predicted molar refractivity (Wildman–Crippen MR) is 296 cm³/mol. The van der Waals surface area contributed by atoms with Gasteiger partial charge in [-0.15, -0.1) is 0 Å². The van der Waals surface area contributed by atoms with Gasteiger partial charge in [-0.3, -0.25) is 0 Å². The van der Waals surface area contributed by atoms with Gasteiger partial charge in [0.2, 0.25) is 34.2 Å². The SMILES string of the molecule is Cc1ccc(-c2c(C)cc(C)c3c2oc2nc(C)ccc23)[n+](C)c1.Cc1ccc2c(n1)oc1c(-c3cc(C(C)C)cc[n+]3C)c(C)ccc12.Cc1ccc2c(n1)oc1c(-c3cc(C)c(C)c[n+]3C)c(C)ccc12. The van der Waals surface area contributed by atoms with Crippen LogP contribution in [-0.2, 0) is 21.1 Å². The Balaban J connectivity index is 0.000000126. The Labute approximate surface area is 427 Å². The third-order valence-corrected chi connectivity index (χ3v) is 14.5. The van der Waals surface area contributed by atoms with Crippen LogP contribution in [0.3, 0.4) is 0 Å². The molecule has 0 aliphatic rings. The third kappa shape index (κ3) is 8.81. The van der Waals surface area contributed by atoms with Crippen LogP contribution >= 0.6 is 0 Å². The molecule has 9 aromatic heterocycles. The molecule has 3 aromatic carbocycles. The fraction of sp³-hybridized carbons (Fsp3) is 0.250. The Hall–Kier alpha value is -8.04. The number of hydrogen-bond acceptors (Lipinski definition) is 6. The van der Waals surface area contributed by atoms with Gasteiger partial charge in [-0.25, -0.2) is 28.7 Å². The summed E-state index contributed by atoms with van der Waals surface area (Å²) in [4.78, 5) is 13.7. The summed E-state index contributed by atoms with van der Waals surface area (Å²) in [7, 11) is 6.26. The highest BCUT2D eigenvalue weighted by Crippen LogP contribution is 2.40. The zero-order valence-corrected chi connectivity index (χ0v) is 45.0. The smallest absolute Gasteiger partial charge is 0.227 e. The van der Waals surface area contributed by atoms with Gasteiger partial charge < -0.3 is 13.3 Å². The van der Waals surface area contributed by atoms with E-state index in [2.05, 4.69) is 210 Å². The zero-order chi connectivity index (χ0) is 51.7. The fourth-order valence-corrected chi connectivity index (χ4v) is 10.4. The molecule has 0 radical (unpaired) electrons. The Morgan fingerprint density at radius 2 is 0.863 bits per heavy atom. The number of aryl methyl sites for hydroxylation is 13. The number of aromatic nitrogens is 6. The van der Waals surface area contributed by atoms with Crippen molar-refractivity contribution in [1.29, 1.82) is 0 Å². The van der Waals surface area contributed by atoms with Crippen molar-refractivity contribution in [2.45, 2.75) is 89.0 Å². The van der Waals surface area contributed by atoms with Crippen LogP contribution in [0.4, 0.5) is 0 Å². The lowest BCUT2D eigenvalue weighted by molar-refractivity contribution is -0.660. The molecule has 0 spiro atoms. The molecule has 0 bridgehead atoms. The second kappa shape index (κ2) is 18.9. The molecule has 12 rings (SSSR count). The molecule has 0 saturated carbocycles. The Morgan fingerprint density at radius 1 is 0.384 bits per heavy atom. The minimum Gasteiger partial charge on any atom is -0.437 e. The van der Waals surface area contributed by atoms with Crippen LogP contribution in [0.15, 0.2) is 129 Å². The van der Waals surface area contributed by atoms with Crippen molar-refractivity contribution in [2.75, 3.05) is 0 Å². The minimum absolute atomic E-state index is 0.486. The van der Waals surface area contributed by atoms with Crippen LogP contribution in [0.25, 0.3) is 100.0 Å². The average molecular weight is 966 g/mol. The lowest BCUT2D eigenvalue weighted by Gasteiger charge is -2.09. The van der Waals surface area contributed by atoms with E-state index in [1.165, 1.54) is 55.6 Å². The average Bonchev–Trinajstić information content (AvgIpc) is 4.02. The standard InChI is InChI=1S/C22H23N2O.2C21H21N2O/c1-13(2)16-10-11-24(5)19(12-16)20-14(3)6-8-17-18-9-7-15(4)23-22(18)25-21(17)20;1-12-6-9-17(23(5)11-12)19-14(3)10-13(2)18-16-8-7-15(4)22-21(16)24-20(18)19;1-12-6-8-16-17-9-7-15(4)22-21(17)24-20(16)19(12)18-10-13(2)14(3)11-23(18)5/h6-13H,1-5H3;2*6-11H,1-5H3/q3*+1. The van der Waals surface area contributed by atoms with Crippen LogP contribution in [0.2, 0.25) is 0 Å². The molecule has 0 unspecified atom stereocenters. The molecule has 0 N–H and O–H groups in total. The molecule has 0 amide bonds. The zero-order valence-electron chi connectivity index (χ0n) is 45.0. The van der Waals surface area contributed by atoms with E-state index in [1.54, 1.807) is 0 Å². The molecular weight excluding hydrogens is 901 g/mol. The van der Waals surface area contributed by atoms with Crippen molar-refractivity contribution in [3.63, 3.8) is 0 Å². The van der Waals surface area contributed by atoms with Gasteiger partial charge in [-0.1, -0.05) is 44.2 Å². The van der Waals surface area contributed by atoms with Gasteiger partial charge in [0.1, 0.15) is 21.1 Å². The maximum atomic E-state index is 6.24. The molecule has 0 saturated heterocycles. The summed E-state index contributed by atoms with van der Waals surface area (Å²) in [6.07, 6.45) is 6.45. The van der Waals surface area contributed by atoms with E-state index in [0.717, 1.165) is 94.6 Å². The summed E-state index contributed by atoms with van der Waals surface area (Å²) in [6, 6.07) is 34.3. The molecule has 73 heavy (non-hydrogen) atoms. The van der Waals surface area contributed by atoms with Crippen LogP contribution < -0.4 is 13.7 Å². The quantitative estimate of drug-likeness (QED) is 0.163. The number of fused-ring (bicyclic) bond motifs is 9. The third-order valence-electron chi connectivity index (χ3n) is 14.5.